The highest BCUT2D eigenvalue weighted by atomic mass is 79.9. The molecule has 1 aromatic rings. The van der Waals surface area contributed by atoms with Crippen LogP contribution in [-0.4, -0.2) is 0 Å². The summed E-state index contributed by atoms with van der Waals surface area (Å²) in [5.74, 6) is 0.699. The van der Waals surface area contributed by atoms with Crippen LogP contribution in [0.5, 0.6) is 0 Å². The maximum absolute atomic E-state index is 6.34. The third-order valence-electron chi connectivity index (χ3n) is 3.50. The molecule has 1 fully saturated rings. The second kappa shape index (κ2) is 4.67. The molecule has 1 saturated carbocycles. The topological polar surface area (TPSA) is 26.0 Å². The lowest BCUT2D eigenvalue weighted by molar-refractivity contribution is 0.443. The lowest BCUT2D eigenvalue weighted by Crippen LogP contribution is -2.20. The minimum absolute atomic E-state index is 0.237. The Morgan fingerprint density at radius 3 is 2.60 bits per heavy atom. The van der Waals surface area contributed by atoms with Gasteiger partial charge in [0.2, 0.25) is 0 Å². The van der Waals surface area contributed by atoms with E-state index in [0.717, 1.165) is 4.47 Å². The van der Waals surface area contributed by atoms with E-state index in [-0.39, 0.29) is 6.04 Å². The van der Waals surface area contributed by atoms with E-state index >= 15 is 0 Å². The number of benzene rings is 1. The lowest BCUT2D eigenvalue weighted by Gasteiger charge is -2.21. The van der Waals surface area contributed by atoms with Gasteiger partial charge in [0.15, 0.2) is 0 Å². The summed E-state index contributed by atoms with van der Waals surface area (Å²) in [6, 6.07) is 6.66. The van der Waals surface area contributed by atoms with Gasteiger partial charge in [-0.15, -0.1) is 0 Å². The summed E-state index contributed by atoms with van der Waals surface area (Å²) in [4.78, 5) is 0. The average molecular weight is 268 g/mol. The summed E-state index contributed by atoms with van der Waals surface area (Å²) in [5.41, 5.74) is 8.97. The fourth-order valence-electron chi connectivity index (χ4n) is 2.58. The average Bonchev–Trinajstić information content (AvgIpc) is 2.69. The van der Waals surface area contributed by atoms with Gasteiger partial charge >= 0.3 is 0 Å². The molecule has 1 aliphatic carbocycles. The third kappa shape index (κ3) is 2.43. The van der Waals surface area contributed by atoms with Crippen LogP contribution in [0.1, 0.15) is 42.9 Å². The van der Waals surface area contributed by atoms with Gasteiger partial charge in [-0.1, -0.05) is 34.8 Å². The molecular weight excluding hydrogens is 250 g/mol. The Morgan fingerprint density at radius 2 is 2.00 bits per heavy atom. The first-order chi connectivity index (χ1) is 7.18. The molecule has 2 heteroatoms. The van der Waals surface area contributed by atoms with Gasteiger partial charge in [-0.3, -0.25) is 0 Å². The van der Waals surface area contributed by atoms with Crippen LogP contribution in [0.3, 0.4) is 0 Å². The second-order valence-electron chi connectivity index (χ2n) is 4.57. The SMILES string of the molecule is Cc1cc(Br)ccc1C(N)C1CCCC1. The molecule has 1 atom stereocenters. The van der Waals surface area contributed by atoms with Gasteiger partial charge in [0, 0.05) is 10.5 Å². The van der Waals surface area contributed by atoms with Crippen molar-refractivity contribution < 1.29 is 0 Å². The highest BCUT2D eigenvalue weighted by molar-refractivity contribution is 9.10. The molecule has 2 rings (SSSR count). The van der Waals surface area contributed by atoms with Crippen molar-refractivity contribution in [2.75, 3.05) is 0 Å². The summed E-state index contributed by atoms with van der Waals surface area (Å²) < 4.78 is 1.14. The van der Waals surface area contributed by atoms with Crippen LogP contribution in [0, 0.1) is 12.8 Å². The molecule has 0 radical (unpaired) electrons. The molecule has 0 spiro atoms. The van der Waals surface area contributed by atoms with E-state index in [0.29, 0.717) is 5.92 Å². The van der Waals surface area contributed by atoms with Crippen molar-refractivity contribution in [1.82, 2.24) is 0 Å². The zero-order valence-electron chi connectivity index (χ0n) is 9.17. The lowest BCUT2D eigenvalue weighted by atomic mass is 9.90. The largest absolute Gasteiger partial charge is 0.324 e. The Bertz CT molecular complexity index is 342. The Labute approximate surface area is 100 Å². The van der Waals surface area contributed by atoms with Crippen molar-refractivity contribution in [3.8, 4) is 0 Å². The Balaban J connectivity index is 2.20. The van der Waals surface area contributed by atoms with E-state index in [4.69, 9.17) is 5.73 Å². The molecule has 0 aromatic heterocycles. The molecule has 0 bridgehead atoms. The molecule has 0 amide bonds. The molecule has 1 aromatic carbocycles. The van der Waals surface area contributed by atoms with Crippen LogP contribution in [-0.2, 0) is 0 Å². The molecule has 2 N–H and O–H groups in total. The zero-order valence-corrected chi connectivity index (χ0v) is 10.8. The predicted molar refractivity (Wildman–Crippen MR) is 67.8 cm³/mol. The maximum atomic E-state index is 6.34. The van der Waals surface area contributed by atoms with Crippen molar-refractivity contribution in [3.63, 3.8) is 0 Å². The minimum Gasteiger partial charge on any atom is -0.324 e. The van der Waals surface area contributed by atoms with E-state index in [2.05, 4.69) is 41.1 Å². The molecule has 15 heavy (non-hydrogen) atoms. The van der Waals surface area contributed by atoms with Crippen molar-refractivity contribution in [2.24, 2.45) is 11.7 Å². The van der Waals surface area contributed by atoms with Gasteiger partial charge in [0.05, 0.1) is 0 Å². The Kier molecular flexibility index (Phi) is 3.47. The van der Waals surface area contributed by atoms with Crippen molar-refractivity contribution in [2.45, 2.75) is 38.6 Å². The Morgan fingerprint density at radius 1 is 1.33 bits per heavy atom. The highest BCUT2D eigenvalue weighted by Crippen LogP contribution is 2.35. The number of rotatable bonds is 2. The standard InChI is InChI=1S/C13H18BrN/c1-9-8-11(14)6-7-12(9)13(15)10-4-2-3-5-10/h6-8,10,13H,2-5,15H2,1H3. The first kappa shape index (κ1) is 11.2. The van der Waals surface area contributed by atoms with Crippen LogP contribution in [0.15, 0.2) is 22.7 Å². The third-order valence-corrected chi connectivity index (χ3v) is 3.99. The van der Waals surface area contributed by atoms with Gasteiger partial charge in [-0.05, 0) is 48.9 Å². The van der Waals surface area contributed by atoms with Gasteiger partial charge in [0.1, 0.15) is 0 Å². The van der Waals surface area contributed by atoms with E-state index in [1.807, 2.05) is 0 Å². The van der Waals surface area contributed by atoms with Crippen LogP contribution >= 0.6 is 15.9 Å². The quantitative estimate of drug-likeness (QED) is 0.863. The molecule has 1 nitrogen and oxygen atoms in total. The summed E-state index contributed by atoms with van der Waals surface area (Å²) >= 11 is 3.49. The molecule has 0 aliphatic heterocycles. The number of hydrogen-bond acceptors (Lipinski definition) is 1. The van der Waals surface area contributed by atoms with Gasteiger partial charge in [-0.25, -0.2) is 0 Å². The fourth-order valence-corrected chi connectivity index (χ4v) is 3.06. The van der Waals surface area contributed by atoms with Crippen LogP contribution < -0.4 is 5.73 Å². The van der Waals surface area contributed by atoms with E-state index in [9.17, 15) is 0 Å². The molecule has 0 saturated heterocycles. The Hall–Kier alpha value is -0.340. The van der Waals surface area contributed by atoms with Gasteiger partial charge in [0.25, 0.3) is 0 Å². The monoisotopic (exact) mass is 267 g/mol. The molecule has 1 unspecified atom stereocenters. The second-order valence-corrected chi connectivity index (χ2v) is 5.49. The smallest absolute Gasteiger partial charge is 0.0326 e. The normalized spacial score (nSPS) is 19.4. The van der Waals surface area contributed by atoms with Crippen molar-refractivity contribution >= 4 is 15.9 Å². The molecular formula is C13H18BrN. The summed E-state index contributed by atoms with van der Waals surface area (Å²) in [5, 5.41) is 0. The number of nitrogens with two attached hydrogens (primary N) is 1. The first-order valence-corrected chi connectivity index (χ1v) is 6.49. The predicted octanol–water partition coefficient (Wildman–Crippen LogP) is 3.95. The summed E-state index contributed by atoms with van der Waals surface area (Å²) in [7, 11) is 0. The zero-order chi connectivity index (χ0) is 10.8. The number of hydrogen-bond donors (Lipinski definition) is 1. The number of halogens is 1. The summed E-state index contributed by atoms with van der Waals surface area (Å²) in [6.07, 6.45) is 5.31. The van der Waals surface area contributed by atoms with Crippen molar-refractivity contribution in [3.05, 3.63) is 33.8 Å². The van der Waals surface area contributed by atoms with Crippen LogP contribution in [0.25, 0.3) is 0 Å². The maximum Gasteiger partial charge on any atom is 0.0326 e. The highest BCUT2D eigenvalue weighted by Gasteiger charge is 2.23. The van der Waals surface area contributed by atoms with E-state index < -0.39 is 0 Å². The molecule has 0 heterocycles. The molecule has 1 aliphatic rings. The van der Waals surface area contributed by atoms with Gasteiger partial charge in [-0.2, -0.15) is 0 Å². The van der Waals surface area contributed by atoms with Gasteiger partial charge < -0.3 is 5.73 Å². The minimum atomic E-state index is 0.237. The van der Waals surface area contributed by atoms with E-state index in [1.54, 1.807) is 0 Å². The van der Waals surface area contributed by atoms with Crippen LogP contribution in [0.2, 0.25) is 0 Å². The van der Waals surface area contributed by atoms with Crippen LogP contribution in [0.4, 0.5) is 0 Å². The molecule has 82 valence electrons. The summed E-state index contributed by atoms with van der Waals surface area (Å²) in [6.45, 7) is 2.15. The van der Waals surface area contributed by atoms with E-state index in [1.165, 1.54) is 36.8 Å². The number of aryl methyl sites for hydroxylation is 1. The van der Waals surface area contributed by atoms with Crippen molar-refractivity contribution in [1.29, 1.82) is 0 Å². The first-order valence-electron chi connectivity index (χ1n) is 5.70. The fraction of sp³-hybridized carbons (Fsp3) is 0.538.